The van der Waals surface area contributed by atoms with Gasteiger partial charge in [0.2, 0.25) is 5.89 Å². The summed E-state index contributed by atoms with van der Waals surface area (Å²) in [4.78, 5) is 7.13. The lowest BCUT2D eigenvalue weighted by Gasteiger charge is -2.30. The zero-order valence-corrected chi connectivity index (χ0v) is 13.4. The normalized spacial score (nSPS) is 19.9. The molecule has 3 rings (SSSR count). The number of aryl methyl sites for hydroxylation is 1. The zero-order valence-electron chi connectivity index (χ0n) is 12.6. The van der Waals surface area contributed by atoms with Gasteiger partial charge in [0.15, 0.2) is 0 Å². The second kappa shape index (κ2) is 6.20. The van der Waals surface area contributed by atoms with E-state index in [-0.39, 0.29) is 0 Å². The highest BCUT2D eigenvalue weighted by Gasteiger charge is 2.20. The predicted molar refractivity (Wildman–Crippen MR) is 85.4 cm³/mol. The fourth-order valence-electron chi connectivity index (χ4n) is 2.97. The van der Waals surface area contributed by atoms with Gasteiger partial charge < -0.3 is 4.42 Å². The lowest BCUT2D eigenvalue weighted by atomic mass is 10.0. The number of aromatic nitrogens is 1. The summed E-state index contributed by atoms with van der Waals surface area (Å²) in [5.41, 5.74) is 1.89. The Labute approximate surface area is 130 Å². The van der Waals surface area contributed by atoms with Gasteiger partial charge >= 0.3 is 0 Å². The van der Waals surface area contributed by atoms with Gasteiger partial charge in [-0.25, -0.2) is 4.98 Å². The minimum Gasteiger partial charge on any atom is -0.441 e. The van der Waals surface area contributed by atoms with Crippen LogP contribution in [0.2, 0.25) is 5.02 Å². The van der Waals surface area contributed by atoms with E-state index in [9.17, 15) is 0 Å². The number of oxazole rings is 1. The Hall–Kier alpha value is -1.32. The first-order chi connectivity index (χ1) is 10.1. The molecule has 0 bridgehead atoms. The van der Waals surface area contributed by atoms with Gasteiger partial charge in [0.05, 0.1) is 16.3 Å². The van der Waals surface area contributed by atoms with E-state index in [1.54, 1.807) is 0 Å². The van der Waals surface area contributed by atoms with Gasteiger partial charge in [-0.05, 0) is 44.4 Å². The highest BCUT2D eigenvalue weighted by Crippen LogP contribution is 2.29. The standard InChI is InChI=1S/C17H21ClN2O/c1-12-6-5-9-20(10-12)11-16-13(2)21-17(19-16)14-7-3-4-8-15(14)18/h3-4,7-8,12H,5-6,9-11H2,1-2H3. The van der Waals surface area contributed by atoms with Crippen molar-refractivity contribution in [3.8, 4) is 11.5 Å². The average Bonchev–Trinajstić information content (AvgIpc) is 2.80. The maximum atomic E-state index is 6.22. The van der Waals surface area contributed by atoms with Crippen molar-refractivity contribution >= 4 is 11.6 Å². The Morgan fingerprint density at radius 3 is 2.95 bits per heavy atom. The summed E-state index contributed by atoms with van der Waals surface area (Å²) in [5, 5.41) is 0.678. The van der Waals surface area contributed by atoms with Crippen molar-refractivity contribution < 1.29 is 4.42 Å². The first kappa shape index (κ1) is 14.6. The maximum Gasteiger partial charge on any atom is 0.228 e. The summed E-state index contributed by atoms with van der Waals surface area (Å²) in [6.07, 6.45) is 2.61. The third-order valence-corrected chi connectivity index (χ3v) is 4.44. The minimum absolute atomic E-state index is 0.623. The lowest BCUT2D eigenvalue weighted by Crippen LogP contribution is -2.34. The SMILES string of the molecule is Cc1oc(-c2ccccc2Cl)nc1CN1CCCC(C)C1. The largest absolute Gasteiger partial charge is 0.441 e. The number of nitrogens with zero attached hydrogens (tertiary/aromatic N) is 2. The van der Waals surface area contributed by atoms with Crippen LogP contribution in [0, 0.1) is 12.8 Å². The number of hydrogen-bond donors (Lipinski definition) is 0. The molecule has 0 spiro atoms. The molecule has 112 valence electrons. The molecule has 1 atom stereocenters. The molecule has 1 fully saturated rings. The molecule has 1 aromatic heterocycles. The van der Waals surface area contributed by atoms with Crippen LogP contribution < -0.4 is 0 Å². The third kappa shape index (κ3) is 3.30. The molecule has 1 unspecified atom stereocenters. The minimum atomic E-state index is 0.623. The molecular weight excluding hydrogens is 284 g/mol. The molecule has 1 aliphatic rings. The van der Waals surface area contributed by atoms with Crippen molar-refractivity contribution in [2.75, 3.05) is 13.1 Å². The topological polar surface area (TPSA) is 29.3 Å². The van der Waals surface area contributed by atoms with Gasteiger partial charge in [-0.1, -0.05) is 30.7 Å². The maximum absolute atomic E-state index is 6.22. The molecule has 4 heteroatoms. The molecule has 0 radical (unpaired) electrons. The molecule has 2 aromatic rings. The Balaban J connectivity index is 1.80. The first-order valence-corrected chi connectivity index (χ1v) is 7.95. The highest BCUT2D eigenvalue weighted by molar-refractivity contribution is 6.33. The number of hydrogen-bond acceptors (Lipinski definition) is 3. The molecule has 1 aromatic carbocycles. The Kier molecular flexibility index (Phi) is 4.32. The van der Waals surface area contributed by atoms with Crippen LogP contribution in [0.1, 0.15) is 31.2 Å². The molecule has 1 saturated heterocycles. The highest BCUT2D eigenvalue weighted by atomic mass is 35.5. The van der Waals surface area contributed by atoms with Crippen molar-refractivity contribution in [1.82, 2.24) is 9.88 Å². The van der Waals surface area contributed by atoms with Crippen LogP contribution in [0.4, 0.5) is 0 Å². The summed E-state index contributed by atoms with van der Waals surface area (Å²) >= 11 is 6.22. The van der Waals surface area contributed by atoms with Crippen LogP contribution in [0.3, 0.4) is 0 Å². The van der Waals surface area contributed by atoms with Crippen molar-refractivity contribution in [1.29, 1.82) is 0 Å². The van der Waals surface area contributed by atoms with Crippen molar-refractivity contribution in [2.45, 2.75) is 33.2 Å². The molecule has 2 heterocycles. The first-order valence-electron chi connectivity index (χ1n) is 7.57. The molecular formula is C17H21ClN2O. The van der Waals surface area contributed by atoms with Crippen LogP contribution in [-0.4, -0.2) is 23.0 Å². The summed E-state index contributed by atoms with van der Waals surface area (Å²) in [7, 11) is 0. The number of halogens is 1. The second-order valence-corrected chi connectivity index (χ2v) is 6.39. The molecule has 0 amide bonds. The van der Waals surface area contributed by atoms with Crippen LogP contribution >= 0.6 is 11.6 Å². The van der Waals surface area contributed by atoms with Gasteiger partial charge in [-0.2, -0.15) is 0 Å². The Morgan fingerprint density at radius 2 is 2.19 bits per heavy atom. The van der Waals surface area contributed by atoms with Crippen LogP contribution in [0.5, 0.6) is 0 Å². The summed E-state index contributed by atoms with van der Waals surface area (Å²) < 4.78 is 5.83. The van der Waals surface area contributed by atoms with Crippen molar-refractivity contribution in [3.63, 3.8) is 0 Å². The molecule has 0 aliphatic carbocycles. The summed E-state index contributed by atoms with van der Waals surface area (Å²) in [6.45, 7) is 7.46. The van der Waals surface area contributed by atoms with E-state index in [1.807, 2.05) is 31.2 Å². The Morgan fingerprint density at radius 1 is 1.38 bits per heavy atom. The lowest BCUT2D eigenvalue weighted by molar-refractivity contribution is 0.174. The monoisotopic (exact) mass is 304 g/mol. The second-order valence-electron chi connectivity index (χ2n) is 5.98. The van der Waals surface area contributed by atoms with E-state index in [0.29, 0.717) is 10.9 Å². The molecule has 0 N–H and O–H groups in total. The zero-order chi connectivity index (χ0) is 14.8. The van der Waals surface area contributed by atoms with Gasteiger partial charge in [0.25, 0.3) is 0 Å². The van der Waals surface area contributed by atoms with E-state index in [1.165, 1.54) is 12.8 Å². The van der Waals surface area contributed by atoms with E-state index >= 15 is 0 Å². The van der Waals surface area contributed by atoms with Gasteiger partial charge in [0.1, 0.15) is 5.76 Å². The van der Waals surface area contributed by atoms with Gasteiger partial charge in [-0.15, -0.1) is 0 Å². The smallest absolute Gasteiger partial charge is 0.228 e. The van der Waals surface area contributed by atoms with E-state index in [4.69, 9.17) is 16.0 Å². The van der Waals surface area contributed by atoms with Crippen LogP contribution in [0.25, 0.3) is 11.5 Å². The summed E-state index contributed by atoms with van der Waals surface area (Å²) in [5.74, 6) is 2.29. The van der Waals surface area contributed by atoms with E-state index < -0.39 is 0 Å². The number of rotatable bonds is 3. The van der Waals surface area contributed by atoms with E-state index in [2.05, 4.69) is 16.8 Å². The fourth-order valence-corrected chi connectivity index (χ4v) is 3.18. The molecule has 3 nitrogen and oxygen atoms in total. The average molecular weight is 305 g/mol. The molecule has 21 heavy (non-hydrogen) atoms. The van der Waals surface area contributed by atoms with Gasteiger partial charge in [-0.3, -0.25) is 4.90 Å². The van der Waals surface area contributed by atoms with Crippen LogP contribution in [0.15, 0.2) is 28.7 Å². The van der Waals surface area contributed by atoms with Crippen molar-refractivity contribution in [3.05, 3.63) is 40.7 Å². The number of likely N-dealkylation sites (tertiary alicyclic amines) is 1. The fraction of sp³-hybridized carbons (Fsp3) is 0.471. The van der Waals surface area contributed by atoms with Crippen molar-refractivity contribution in [2.24, 2.45) is 5.92 Å². The molecule has 1 aliphatic heterocycles. The Bertz CT molecular complexity index is 623. The number of benzene rings is 1. The quantitative estimate of drug-likeness (QED) is 0.834. The third-order valence-electron chi connectivity index (χ3n) is 4.11. The van der Waals surface area contributed by atoms with Crippen LogP contribution in [-0.2, 0) is 6.54 Å². The van der Waals surface area contributed by atoms with Gasteiger partial charge in [0, 0.05) is 13.1 Å². The predicted octanol–water partition coefficient (Wildman–Crippen LogP) is 4.54. The summed E-state index contributed by atoms with van der Waals surface area (Å²) in [6, 6.07) is 7.67. The van der Waals surface area contributed by atoms with E-state index in [0.717, 1.165) is 42.6 Å². The molecule has 0 saturated carbocycles. The number of piperidine rings is 1.